The molecule has 4 rings (SSSR count). The molecule has 0 radical (unpaired) electrons. The molecular formula is C23H18ClN3O5S. The SMILES string of the molecule is CCOC(=O)c1cc(CN2C(=O)c3ccccc3C2=O)sc1NC(=O)Nc1ccc(Cl)cc1. The van der Waals surface area contributed by atoms with Crippen LogP contribution in [0.15, 0.2) is 54.6 Å². The zero-order chi connectivity index (χ0) is 23.5. The summed E-state index contributed by atoms with van der Waals surface area (Å²) in [6.45, 7) is 1.78. The summed E-state index contributed by atoms with van der Waals surface area (Å²) in [5.41, 5.74) is 1.33. The second-order valence-corrected chi connectivity index (χ2v) is 8.58. The van der Waals surface area contributed by atoms with E-state index in [0.29, 0.717) is 26.7 Å². The average Bonchev–Trinajstić information content (AvgIpc) is 3.30. The molecule has 33 heavy (non-hydrogen) atoms. The first-order valence-electron chi connectivity index (χ1n) is 9.96. The highest BCUT2D eigenvalue weighted by molar-refractivity contribution is 7.16. The molecule has 0 aliphatic carbocycles. The van der Waals surface area contributed by atoms with Crippen LogP contribution in [-0.4, -0.2) is 35.3 Å². The van der Waals surface area contributed by atoms with Gasteiger partial charge in [0.05, 0.1) is 29.8 Å². The number of esters is 1. The summed E-state index contributed by atoms with van der Waals surface area (Å²) in [6.07, 6.45) is 0. The number of fused-ring (bicyclic) bond motifs is 1. The number of amides is 4. The number of ether oxygens (including phenoxy) is 1. The van der Waals surface area contributed by atoms with Gasteiger partial charge in [-0.05, 0) is 49.4 Å². The second-order valence-electron chi connectivity index (χ2n) is 7.00. The quantitative estimate of drug-likeness (QED) is 0.378. The Morgan fingerprint density at radius 3 is 2.24 bits per heavy atom. The Bertz CT molecular complexity index is 1220. The molecule has 2 N–H and O–H groups in total. The Hall–Kier alpha value is -3.69. The van der Waals surface area contributed by atoms with E-state index in [1.165, 1.54) is 6.07 Å². The number of halogens is 1. The number of benzene rings is 2. The molecule has 1 aliphatic rings. The highest BCUT2D eigenvalue weighted by Gasteiger charge is 2.35. The van der Waals surface area contributed by atoms with Crippen molar-refractivity contribution in [3.05, 3.63) is 81.2 Å². The molecule has 0 saturated carbocycles. The van der Waals surface area contributed by atoms with Gasteiger partial charge in [0, 0.05) is 15.6 Å². The third-order valence-corrected chi connectivity index (χ3v) is 6.09. The molecule has 168 valence electrons. The maximum atomic E-state index is 12.7. The summed E-state index contributed by atoms with van der Waals surface area (Å²) >= 11 is 6.94. The lowest BCUT2D eigenvalue weighted by molar-refractivity contribution is 0.0527. The second kappa shape index (κ2) is 9.43. The molecule has 2 aromatic carbocycles. The Kier molecular flexibility index (Phi) is 6.43. The molecule has 0 bridgehead atoms. The van der Waals surface area contributed by atoms with Crippen molar-refractivity contribution in [2.75, 3.05) is 17.2 Å². The zero-order valence-electron chi connectivity index (χ0n) is 17.4. The van der Waals surface area contributed by atoms with E-state index in [4.69, 9.17) is 16.3 Å². The number of hydrogen-bond acceptors (Lipinski definition) is 6. The smallest absolute Gasteiger partial charge is 0.341 e. The number of imide groups is 1. The predicted octanol–water partition coefficient (Wildman–Crippen LogP) is 5.02. The molecule has 1 aromatic heterocycles. The Morgan fingerprint density at radius 1 is 1.00 bits per heavy atom. The summed E-state index contributed by atoms with van der Waals surface area (Å²) < 4.78 is 5.09. The van der Waals surface area contributed by atoms with E-state index in [2.05, 4.69) is 10.6 Å². The van der Waals surface area contributed by atoms with Gasteiger partial charge in [-0.15, -0.1) is 11.3 Å². The van der Waals surface area contributed by atoms with Crippen LogP contribution < -0.4 is 10.6 Å². The number of nitrogens with one attached hydrogen (secondary N) is 2. The van der Waals surface area contributed by atoms with E-state index in [0.717, 1.165) is 16.2 Å². The first-order chi connectivity index (χ1) is 15.9. The van der Waals surface area contributed by atoms with E-state index < -0.39 is 23.8 Å². The summed E-state index contributed by atoms with van der Waals surface area (Å²) in [4.78, 5) is 51.9. The van der Waals surface area contributed by atoms with Crippen LogP contribution in [0.2, 0.25) is 5.02 Å². The Morgan fingerprint density at radius 2 is 1.64 bits per heavy atom. The molecule has 2 heterocycles. The van der Waals surface area contributed by atoms with Crippen LogP contribution in [0.5, 0.6) is 0 Å². The van der Waals surface area contributed by atoms with Crippen molar-refractivity contribution in [1.29, 1.82) is 0 Å². The number of hydrogen-bond donors (Lipinski definition) is 2. The lowest BCUT2D eigenvalue weighted by Gasteiger charge is -2.12. The third-order valence-electron chi connectivity index (χ3n) is 4.80. The standard InChI is InChI=1S/C23H18ClN3O5S/c1-2-32-22(30)18-11-15(12-27-20(28)16-5-3-4-6-17(16)21(27)29)33-19(18)26-23(31)25-14-9-7-13(24)8-10-14/h3-11H,2,12H2,1H3,(H2,25,26,31). The molecule has 0 spiro atoms. The number of rotatable bonds is 6. The third kappa shape index (κ3) is 4.74. The number of carbonyl (C=O) groups is 4. The molecule has 3 aromatic rings. The number of carbonyl (C=O) groups excluding carboxylic acids is 4. The number of thiophene rings is 1. The van der Waals surface area contributed by atoms with Gasteiger partial charge in [0.1, 0.15) is 5.00 Å². The highest BCUT2D eigenvalue weighted by Crippen LogP contribution is 2.32. The maximum absolute atomic E-state index is 12.7. The fourth-order valence-corrected chi connectivity index (χ4v) is 4.47. The summed E-state index contributed by atoms with van der Waals surface area (Å²) in [5, 5.41) is 6.07. The summed E-state index contributed by atoms with van der Waals surface area (Å²) in [6, 6.07) is 14.1. The number of nitrogens with zero attached hydrogens (tertiary/aromatic N) is 1. The molecule has 0 unspecified atom stereocenters. The van der Waals surface area contributed by atoms with Crippen LogP contribution in [-0.2, 0) is 11.3 Å². The van der Waals surface area contributed by atoms with Crippen LogP contribution in [0, 0.1) is 0 Å². The van der Waals surface area contributed by atoms with Crippen LogP contribution in [0.25, 0.3) is 0 Å². The van der Waals surface area contributed by atoms with E-state index in [1.54, 1.807) is 55.5 Å². The monoisotopic (exact) mass is 483 g/mol. The molecule has 1 aliphatic heterocycles. The van der Waals surface area contributed by atoms with Gasteiger partial charge in [0.15, 0.2) is 0 Å². The minimum Gasteiger partial charge on any atom is -0.462 e. The summed E-state index contributed by atoms with van der Waals surface area (Å²) in [5.74, 6) is -1.43. The zero-order valence-corrected chi connectivity index (χ0v) is 19.0. The Balaban J connectivity index is 1.55. The van der Waals surface area contributed by atoms with Gasteiger partial charge in [-0.2, -0.15) is 0 Å². The normalized spacial score (nSPS) is 12.5. The first kappa shape index (κ1) is 22.5. The molecule has 0 atom stereocenters. The molecule has 4 amide bonds. The fourth-order valence-electron chi connectivity index (χ4n) is 3.31. The van der Waals surface area contributed by atoms with E-state index in [9.17, 15) is 19.2 Å². The molecule has 10 heteroatoms. The predicted molar refractivity (Wildman–Crippen MR) is 125 cm³/mol. The van der Waals surface area contributed by atoms with Gasteiger partial charge in [-0.25, -0.2) is 9.59 Å². The van der Waals surface area contributed by atoms with Gasteiger partial charge >= 0.3 is 12.0 Å². The van der Waals surface area contributed by atoms with Crippen molar-refractivity contribution in [2.24, 2.45) is 0 Å². The van der Waals surface area contributed by atoms with Gasteiger partial charge in [-0.1, -0.05) is 23.7 Å². The van der Waals surface area contributed by atoms with Crippen LogP contribution in [0.3, 0.4) is 0 Å². The van der Waals surface area contributed by atoms with Crippen molar-refractivity contribution in [3.8, 4) is 0 Å². The highest BCUT2D eigenvalue weighted by atomic mass is 35.5. The molecule has 0 saturated heterocycles. The minimum atomic E-state index is -0.621. The molecule has 0 fully saturated rings. The lowest BCUT2D eigenvalue weighted by Crippen LogP contribution is -2.28. The maximum Gasteiger partial charge on any atom is 0.341 e. The largest absolute Gasteiger partial charge is 0.462 e. The molecular weight excluding hydrogens is 466 g/mol. The van der Waals surface area contributed by atoms with Crippen LogP contribution >= 0.6 is 22.9 Å². The van der Waals surface area contributed by atoms with E-state index >= 15 is 0 Å². The van der Waals surface area contributed by atoms with Crippen molar-refractivity contribution in [1.82, 2.24) is 4.90 Å². The lowest BCUT2D eigenvalue weighted by atomic mass is 10.1. The minimum absolute atomic E-state index is 0.0378. The van der Waals surface area contributed by atoms with Crippen molar-refractivity contribution in [3.63, 3.8) is 0 Å². The van der Waals surface area contributed by atoms with E-state index in [-0.39, 0.29) is 23.7 Å². The van der Waals surface area contributed by atoms with Crippen LogP contribution in [0.1, 0.15) is 42.9 Å². The summed E-state index contributed by atoms with van der Waals surface area (Å²) in [7, 11) is 0. The van der Waals surface area contributed by atoms with Gasteiger partial charge < -0.3 is 10.1 Å². The van der Waals surface area contributed by atoms with Gasteiger partial charge in [-0.3, -0.25) is 19.8 Å². The number of anilines is 2. The number of urea groups is 1. The van der Waals surface area contributed by atoms with Crippen molar-refractivity contribution < 1.29 is 23.9 Å². The van der Waals surface area contributed by atoms with Crippen molar-refractivity contribution in [2.45, 2.75) is 13.5 Å². The Labute approximate surface area is 198 Å². The van der Waals surface area contributed by atoms with Gasteiger partial charge in [0.25, 0.3) is 11.8 Å². The van der Waals surface area contributed by atoms with E-state index in [1.807, 2.05) is 0 Å². The fraction of sp³-hybridized carbons (Fsp3) is 0.130. The topological polar surface area (TPSA) is 105 Å². The van der Waals surface area contributed by atoms with Crippen molar-refractivity contribution >= 4 is 57.4 Å². The molecule has 8 nitrogen and oxygen atoms in total. The first-order valence-corrected chi connectivity index (χ1v) is 11.2. The van der Waals surface area contributed by atoms with Gasteiger partial charge in [0.2, 0.25) is 0 Å². The van der Waals surface area contributed by atoms with Crippen LogP contribution in [0.4, 0.5) is 15.5 Å². The average molecular weight is 484 g/mol.